The smallest absolute Gasteiger partial charge is 0.0314 e. The van der Waals surface area contributed by atoms with Crippen LogP contribution in [0.15, 0.2) is 42.5 Å². The lowest BCUT2D eigenvalue weighted by Crippen LogP contribution is -2.16. The number of benzene rings is 2. The molecule has 0 saturated heterocycles. The first-order valence-electron chi connectivity index (χ1n) is 5.33. The molecule has 1 atom stereocenters. The molecule has 0 aliphatic carbocycles. The highest BCUT2D eigenvalue weighted by molar-refractivity contribution is 5.83. The first-order valence-corrected chi connectivity index (χ1v) is 5.33. The molecule has 2 aromatic carbocycles. The van der Waals surface area contributed by atoms with Gasteiger partial charge < -0.3 is 4.90 Å². The van der Waals surface area contributed by atoms with Crippen molar-refractivity contribution in [3.63, 3.8) is 0 Å². The van der Waals surface area contributed by atoms with Gasteiger partial charge in [-0.25, -0.2) is 0 Å². The molecular weight excluding hydrogens is 182 g/mol. The van der Waals surface area contributed by atoms with E-state index in [-0.39, 0.29) is 0 Å². The van der Waals surface area contributed by atoms with Crippen LogP contribution in [0.3, 0.4) is 0 Å². The van der Waals surface area contributed by atoms with Crippen LogP contribution in [0.2, 0.25) is 0 Å². The zero-order valence-electron chi connectivity index (χ0n) is 9.57. The van der Waals surface area contributed by atoms with Crippen LogP contribution in [-0.2, 0) is 0 Å². The Morgan fingerprint density at radius 3 is 2.27 bits per heavy atom. The minimum Gasteiger partial charge on any atom is -0.303 e. The topological polar surface area (TPSA) is 3.24 Å². The third-order valence-corrected chi connectivity index (χ3v) is 3.03. The van der Waals surface area contributed by atoms with Crippen LogP contribution in [0.4, 0.5) is 0 Å². The average molecular weight is 199 g/mol. The molecule has 0 saturated carbocycles. The summed E-state index contributed by atoms with van der Waals surface area (Å²) in [5, 5.41) is 2.64. The van der Waals surface area contributed by atoms with Crippen molar-refractivity contribution in [3.05, 3.63) is 48.0 Å². The Hall–Kier alpha value is -1.34. The average Bonchev–Trinajstić information content (AvgIpc) is 2.27. The molecular formula is C14H17N. The van der Waals surface area contributed by atoms with Gasteiger partial charge in [-0.1, -0.05) is 36.4 Å². The molecule has 1 nitrogen and oxygen atoms in total. The van der Waals surface area contributed by atoms with Crippen molar-refractivity contribution in [1.82, 2.24) is 4.90 Å². The summed E-state index contributed by atoms with van der Waals surface area (Å²) in [4.78, 5) is 2.23. The van der Waals surface area contributed by atoms with Crippen molar-refractivity contribution >= 4 is 10.8 Å². The maximum Gasteiger partial charge on any atom is 0.0314 e. The highest BCUT2D eigenvalue weighted by Gasteiger charge is 2.07. The largest absolute Gasteiger partial charge is 0.303 e. The fourth-order valence-corrected chi connectivity index (χ4v) is 1.77. The van der Waals surface area contributed by atoms with Gasteiger partial charge in [-0.2, -0.15) is 0 Å². The van der Waals surface area contributed by atoms with E-state index in [9.17, 15) is 0 Å². The molecule has 0 heterocycles. The number of nitrogens with zero attached hydrogens (tertiary/aromatic N) is 1. The molecule has 0 fully saturated rings. The Kier molecular flexibility index (Phi) is 2.74. The summed E-state index contributed by atoms with van der Waals surface area (Å²) in [6.45, 7) is 2.23. The number of rotatable bonds is 2. The predicted molar refractivity (Wildman–Crippen MR) is 66.1 cm³/mol. The van der Waals surface area contributed by atoms with Gasteiger partial charge in [0.2, 0.25) is 0 Å². The number of fused-ring (bicyclic) bond motifs is 1. The summed E-state index contributed by atoms with van der Waals surface area (Å²) in [5.41, 5.74) is 1.37. The van der Waals surface area contributed by atoms with E-state index in [1.807, 2.05) is 0 Å². The predicted octanol–water partition coefficient (Wildman–Crippen LogP) is 3.46. The summed E-state index contributed by atoms with van der Waals surface area (Å²) in [5.74, 6) is 0. The van der Waals surface area contributed by atoms with Crippen molar-refractivity contribution in [1.29, 1.82) is 0 Å². The van der Waals surface area contributed by atoms with Crippen LogP contribution < -0.4 is 0 Å². The minimum atomic E-state index is 0.467. The monoisotopic (exact) mass is 199 g/mol. The first-order chi connectivity index (χ1) is 7.18. The van der Waals surface area contributed by atoms with Gasteiger partial charge in [-0.3, -0.25) is 0 Å². The van der Waals surface area contributed by atoms with Crippen molar-refractivity contribution in [2.75, 3.05) is 14.1 Å². The molecule has 2 aromatic rings. The standard InChI is InChI=1S/C14H17N/c1-11(15(2)3)13-9-8-12-6-4-5-7-14(12)10-13/h4-11H,1-3H3/t11-/m1/s1. The van der Waals surface area contributed by atoms with Gasteiger partial charge >= 0.3 is 0 Å². The molecule has 78 valence electrons. The minimum absolute atomic E-state index is 0.467. The molecule has 0 N–H and O–H groups in total. The Morgan fingerprint density at radius 1 is 0.933 bits per heavy atom. The van der Waals surface area contributed by atoms with E-state index in [0.717, 1.165) is 0 Å². The third-order valence-electron chi connectivity index (χ3n) is 3.03. The van der Waals surface area contributed by atoms with Gasteiger partial charge in [0.25, 0.3) is 0 Å². The molecule has 2 rings (SSSR count). The molecule has 0 aliphatic heterocycles. The highest BCUT2D eigenvalue weighted by atomic mass is 15.1. The Morgan fingerprint density at radius 2 is 1.60 bits per heavy atom. The molecule has 1 heteroatoms. The number of hydrogen-bond donors (Lipinski definition) is 0. The second-order valence-electron chi connectivity index (χ2n) is 4.25. The van der Waals surface area contributed by atoms with E-state index in [4.69, 9.17) is 0 Å². The Bertz CT molecular complexity index is 460. The van der Waals surface area contributed by atoms with Crippen LogP contribution in [-0.4, -0.2) is 19.0 Å². The van der Waals surface area contributed by atoms with E-state index in [1.54, 1.807) is 0 Å². The molecule has 0 amide bonds. The van der Waals surface area contributed by atoms with E-state index in [1.165, 1.54) is 16.3 Å². The second-order valence-corrected chi connectivity index (χ2v) is 4.25. The van der Waals surface area contributed by atoms with Crippen molar-refractivity contribution < 1.29 is 0 Å². The van der Waals surface area contributed by atoms with Crippen molar-refractivity contribution in [2.24, 2.45) is 0 Å². The van der Waals surface area contributed by atoms with Gasteiger partial charge in [0, 0.05) is 6.04 Å². The summed E-state index contributed by atoms with van der Waals surface area (Å²) in [6, 6.07) is 15.6. The number of hydrogen-bond acceptors (Lipinski definition) is 1. The Balaban J connectivity index is 2.47. The molecule has 0 radical (unpaired) electrons. The molecule has 0 bridgehead atoms. The molecule has 0 aromatic heterocycles. The fraction of sp³-hybridized carbons (Fsp3) is 0.286. The van der Waals surface area contributed by atoms with Crippen molar-refractivity contribution in [3.8, 4) is 0 Å². The lowest BCUT2D eigenvalue weighted by molar-refractivity contribution is 0.321. The van der Waals surface area contributed by atoms with Gasteiger partial charge in [-0.15, -0.1) is 0 Å². The summed E-state index contributed by atoms with van der Waals surface area (Å²) >= 11 is 0. The van der Waals surface area contributed by atoms with Gasteiger partial charge in [0.05, 0.1) is 0 Å². The normalized spacial score (nSPS) is 13.3. The molecule has 0 aliphatic rings. The summed E-state index contributed by atoms with van der Waals surface area (Å²) < 4.78 is 0. The maximum absolute atomic E-state index is 2.28. The summed E-state index contributed by atoms with van der Waals surface area (Å²) in [7, 11) is 4.22. The summed E-state index contributed by atoms with van der Waals surface area (Å²) in [6.07, 6.45) is 0. The molecule has 0 spiro atoms. The van der Waals surface area contributed by atoms with Gasteiger partial charge in [0.15, 0.2) is 0 Å². The maximum atomic E-state index is 2.28. The second kappa shape index (κ2) is 4.03. The Labute approximate surface area is 91.3 Å². The van der Waals surface area contributed by atoms with Gasteiger partial charge in [-0.05, 0) is 43.4 Å². The van der Waals surface area contributed by atoms with Crippen LogP contribution in [0.1, 0.15) is 18.5 Å². The quantitative estimate of drug-likeness (QED) is 0.716. The third kappa shape index (κ3) is 2.02. The lowest BCUT2D eigenvalue weighted by atomic mass is 10.0. The first kappa shape index (κ1) is 10.2. The molecule has 0 unspecified atom stereocenters. The molecule has 15 heavy (non-hydrogen) atoms. The fourth-order valence-electron chi connectivity index (χ4n) is 1.77. The highest BCUT2D eigenvalue weighted by Crippen LogP contribution is 2.22. The van der Waals surface area contributed by atoms with E-state index >= 15 is 0 Å². The van der Waals surface area contributed by atoms with Crippen LogP contribution in [0.5, 0.6) is 0 Å². The van der Waals surface area contributed by atoms with Crippen molar-refractivity contribution in [2.45, 2.75) is 13.0 Å². The van der Waals surface area contributed by atoms with E-state index in [2.05, 4.69) is 68.4 Å². The van der Waals surface area contributed by atoms with Crippen LogP contribution >= 0.6 is 0 Å². The van der Waals surface area contributed by atoms with E-state index in [0.29, 0.717) is 6.04 Å². The zero-order valence-corrected chi connectivity index (χ0v) is 9.57. The van der Waals surface area contributed by atoms with Crippen LogP contribution in [0.25, 0.3) is 10.8 Å². The zero-order chi connectivity index (χ0) is 10.8. The van der Waals surface area contributed by atoms with Gasteiger partial charge in [0.1, 0.15) is 0 Å². The van der Waals surface area contributed by atoms with Crippen LogP contribution in [0, 0.1) is 0 Å². The lowest BCUT2D eigenvalue weighted by Gasteiger charge is -2.20. The SMILES string of the molecule is C[C@H](c1ccc2ccccc2c1)N(C)C. The van der Waals surface area contributed by atoms with E-state index < -0.39 is 0 Å².